The molecule has 0 atom stereocenters. The van der Waals surface area contributed by atoms with Gasteiger partial charge in [0.05, 0.1) is 5.56 Å². The Balaban J connectivity index is 1.42. The summed E-state index contributed by atoms with van der Waals surface area (Å²) in [7, 11) is 0. The summed E-state index contributed by atoms with van der Waals surface area (Å²) in [5, 5.41) is 2.94. The number of halogens is 1. The first-order chi connectivity index (χ1) is 17.1. The first-order valence-electron chi connectivity index (χ1n) is 11.6. The minimum absolute atomic E-state index is 0.139. The van der Waals surface area contributed by atoms with Gasteiger partial charge in [-0.2, -0.15) is 0 Å². The molecule has 1 heterocycles. The van der Waals surface area contributed by atoms with Crippen molar-refractivity contribution >= 4 is 27.7 Å². The highest BCUT2D eigenvalue weighted by Crippen LogP contribution is 2.27. The van der Waals surface area contributed by atoms with E-state index in [9.17, 15) is 4.79 Å². The van der Waals surface area contributed by atoms with Crippen molar-refractivity contribution in [1.82, 2.24) is 10.3 Å². The molecule has 0 saturated carbocycles. The van der Waals surface area contributed by atoms with Gasteiger partial charge < -0.3 is 15.0 Å². The fourth-order valence-electron chi connectivity index (χ4n) is 3.70. The molecule has 35 heavy (non-hydrogen) atoms. The van der Waals surface area contributed by atoms with E-state index in [-0.39, 0.29) is 5.91 Å². The number of hydrogen-bond acceptors (Lipinski definition) is 4. The van der Waals surface area contributed by atoms with Crippen LogP contribution in [0.1, 0.15) is 34.0 Å². The lowest BCUT2D eigenvalue weighted by molar-refractivity contribution is 0.0950. The van der Waals surface area contributed by atoms with Crippen molar-refractivity contribution < 1.29 is 9.53 Å². The maximum absolute atomic E-state index is 12.5. The van der Waals surface area contributed by atoms with Crippen molar-refractivity contribution in [2.45, 2.75) is 26.6 Å². The lowest BCUT2D eigenvalue weighted by Crippen LogP contribution is -2.25. The van der Waals surface area contributed by atoms with E-state index in [0.717, 1.165) is 39.3 Å². The Labute approximate surface area is 214 Å². The van der Waals surface area contributed by atoms with Crippen molar-refractivity contribution in [1.29, 1.82) is 0 Å². The van der Waals surface area contributed by atoms with Crippen LogP contribution in [0.5, 0.6) is 5.75 Å². The fraction of sp³-hybridized carbons (Fsp3) is 0.172. The highest BCUT2D eigenvalue weighted by atomic mass is 79.9. The van der Waals surface area contributed by atoms with Crippen molar-refractivity contribution in [3.8, 4) is 5.75 Å². The van der Waals surface area contributed by atoms with Crippen molar-refractivity contribution in [3.05, 3.63) is 124 Å². The van der Waals surface area contributed by atoms with Crippen LogP contribution >= 0.6 is 15.9 Å². The first-order valence-corrected chi connectivity index (χ1v) is 12.4. The number of ether oxygens (including phenoxy) is 1. The molecule has 4 rings (SSSR count). The Bertz CT molecular complexity index is 1230. The topological polar surface area (TPSA) is 54.5 Å². The van der Waals surface area contributed by atoms with E-state index in [2.05, 4.69) is 56.3 Å². The Hall–Kier alpha value is -3.64. The Morgan fingerprint density at radius 2 is 1.66 bits per heavy atom. The number of rotatable bonds is 10. The van der Waals surface area contributed by atoms with Crippen molar-refractivity contribution in [3.63, 3.8) is 0 Å². The summed E-state index contributed by atoms with van der Waals surface area (Å²) in [6, 6.07) is 29.7. The molecule has 0 unspecified atom stereocenters. The summed E-state index contributed by atoms with van der Waals surface area (Å²) in [5.74, 6) is 1.51. The van der Waals surface area contributed by atoms with E-state index in [1.165, 1.54) is 0 Å². The van der Waals surface area contributed by atoms with E-state index in [1.807, 2.05) is 72.8 Å². The third kappa shape index (κ3) is 6.93. The van der Waals surface area contributed by atoms with Gasteiger partial charge in [-0.15, -0.1) is 0 Å². The van der Waals surface area contributed by atoms with Crippen LogP contribution in [0.15, 0.2) is 102 Å². The Morgan fingerprint density at radius 1 is 0.943 bits per heavy atom. The summed E-state index contributed by atoms with van der Waals surface area (Å²) in [5.41, 5.74) is 3.78. The molecule has 0 aliphatic carbocycles. The number of benzene rings is 3. The van der Waals surface area contributed by atoms with Crippen LogP contribution in [0.2, 0.25) is 0 Å². The Morgan fingerprint density at radius 3 is 2.31 bits per heavy atom. The maximum atomic E-state index is 12.5. The molecular formula is C29H28BrN3O2. The zero-order valence-corrected chi connectivity index (χ0v) is 21.2. The summed E-state index contributed by atoms with van der Waals surface area (Å²) >= 11 is 3.58. The van der Waals surface area contributed by atoms with Gasteiger partial charge in [-0.1, -0.05) is 76.6 Å². The van der Waals surface area contributed by atoms with Gasteiger partial charge >= 0.3 is 0 Å². The molecule has 0 bridgehead atoms. The smallest absolute Gasteiger partial charge is 0.253 e. The predicted octanol–water partition coefficient (Wildman–Crippen LogP) is 6.38. The van der Waals surface area contributed by atoms with Gasteiger partial charge in [0.1, 0.15) is 18.2 Å². The molecular weight excluding hydrogens is 502 g/mol. The minimum atomic E-state index is -0.139. The van der Waals surface area contributed by atoms with Gasteiger partial charge in [0, 0.05) is 35.9 Å². The third-order valence-electron chi connectivity index (χ3n) is 5.63. The maximum Gasteiger partial charge on any atom is 0.253 e. The van der Waals surface area contributed by atoms with Crippen molar-refractivity contribution in [2.24, 2.45) is 0 Å². The SMILES string of the molecule is CCN(Cc1cc(Br)ccc1OCc1ccccc1)c1ccc(C(=O)NCc2ccccc2)cn1. The van der Waals surface area contributed by atoms with E-state index in [4.69, 9.17) is 4.74 Å². The van der Waals surface area contributed by atoms with Crippen molar-refractivity contribution in [2.75, 3.05) is 11.4 Å². The average Bonchev–Trinajstić information content (AvgIpc) is 2.91. The largest absolute Gasteiger partial charge is 0.489 e. The third-order valence-corrected chi connectivity index (χ3v) is 6.13. The minimum Gasteiger partial charge on any atom is -0.489 e. The van der Waals surface area contributed by atoms with Crippen LogP contribution < -0.4 is 15.0 Å². The van der Waals surface area contributed by atoms with E-state index < -0.39 is 0 Å². The molecule has 0 fully saturated rings. The molecule has 1 N–H and O–H groups in total. The molecule has 5 nitrogen and oxygen atoms in total. The molecule has 0 saturated heterocycles. The number of anilines is 1. The van der Waals surface area contributed by atoms with Gasteiger partial charge in [0.25, 0.3) is 5.91 Å². The molecule has 0 radical (unpaired) electrons. The summed E-state index contributed by atoms with van der Waals surface area (Å²) in [6.07, 6.45) is 1.63. The molecule has 0 aliphatic rings. The van der Waals surface area contributed by atoms with Crippen LogP contribution in [0.25, 0.3) is 0 Å². The quantitative estimate of drug-likeness (QED) is 0.259. The standard InChI is InChI=1S/C29H28BrN3O2/c1-2-33(20-25-17-26(30)14-15-27(25)35-21-23-11-7-4-8-12-23)28-16-13-24(19-31-28)29(34)32-18-22-9-5-3-6-10-22/h3-17,19H,2,18,20-21H2,1H3,(H,32,34). The second-order valence-electron chi connectivity index (χ2n) is 8.11. The summed E-state index contributed by atoms with van der Waals surface area (Å²) in [4.78, 5) is 19.3. The van der Waals surface area contributed by atoms with Crippen LogP contribution in [0.4, 0.5) is 5.82 Å². The van der Waals surface area contributed by atoms with E-state index in [0.29, 0.717) is 25.3 Å². The molecule has 0 aliphatic heterocycles. The monoisotopic (exact) mass is 529 g/mol. The van der Waals surface area contributed by atoms with Gasteiger partial charge in [-0.05, 0) is 48.4 Å². The number of nitrogens with one attached hydrogen (secondary N) is 1. The normalized spacial score (nSPS) is 10.6. The lowest BCUT2D eigenvalue weighted by atomic mass is 10.1. The summed E-state index contributed by atoms with van der Waals surface area (Å²) < 4.78 is 7.15. The molecule has 6 heteroatoms. The number of hydrogen-bond donors (Lipinski definition) is 1. The first kappa shape index (κ1) is 24.5. The zero-order valence-electron chi connectivity index (χ0n) is 19.7. The van der Waals surface area contributed by atoms with Gasteiger partial charge in [0.2, 0.25) is 0 Å². The number of carbonyl (C=O) groups is 1. The van der Waals surface area contributed by atoms with E-state index in [1.54, 1.807) is 6.20 Å². The zero-order chi connectivity index (χ0) is 24.5. The number of carbonyl (C=O) groups excluding carboxylic acids is 1. The van der Waals surface area contributed by atoms with Gasteiger partial charge in [0.15, 0.2) is 0 Å². The summed E-state index contributed by atoms with van der Waals surface area (Å²) in [6.45, 7) is 4.47. The van der Waals surface area contributed by atoms with Gasteiger partial charge in [-0.3, -0.25) is 4.79 Å². The van der Waals surface area contributed by atoms with E-state index >= 15 is 0 Å². The molecule has 4 aromatic rings. The van der Waals surface area contributed by atoms with Crippen LogP contribution in [0.3, 0.4) is 0 Å². The molecule has 1 aromatic heterocycles. The molecule has 0 spiro atoms. The second-order valence-corrected chi connectivity index (χ2v) is 9.03. The van der Waals surface area contributed by atoms with Gasteiger partial charge in [-0.25, -0.2) is 4.98 Å². The fourth-order valence-corrected chi connectivity index (χ4v) is 4.10. The number of nitrogens with zero attached hydrogens (tertiary/aromatic N) is 2. The molecule has 3 aromatic carbocycles. The highest BCUT2D eigenvalue weighted by Gasteiger charge is 2.13. The second kappa shape index (κ2) is 12.2. The number of amides is 1. The van der Waals surface area contributed by atoms with Crippen LogP contribution in [-0.2, 0) is 19.7 Å². The number of aromatic nitrogens is 1. The predicted molar refractivity (Wildman–Crippen MR) is 143 cm³/mol. The Kier molecular flexibility index (Phi) is 8.52. The molecule has 1 amide bonds. The average molecular weight is 530 g/mol. The van der Waals surface area contributed by atoms with Crippen LogP contribution in [0, 0.1) is 0 Å². The van der Waals surface area contributed by atoms with Crippen LogP contribution in [-0.4, -0.2) is 17.4 Å². The number of pyridine rings is 1. The lowest BCUT2D eigenvalue weighted by Gasteiger charge is -2.24. The molecule has 178 valence electrons. The highest BCUT2D eigenvalue weighted by molar-refractivity contribution is 9.10.